The minimum Gasteiger partial charge on any atom is -0.496 e. The fraction of sp³-hybridized carbons (Fsp3) is 0.409. The van der Waals surface area contributed by atoms with Gasteiger partial charge in [-0.05, 0) is 55.5 Å². The summed E-state index contributed by atoms with van der Waals surface area (Å²) in [6.07, 6.45) is 4.21. The maximum Gasteiger partial charge on any atom is 0.234 e. The van der Waals surface area contributed by atoms with Gasteiger partial charge in [-0.15, -0.1) is 0 Å². The molecule has 0 aromatic heterocycles. The summed E-state index contributed by atoms with van der Waals surface area (Å²) in [4.78, 5) is 14.5. The fourth-order valence-electron chi connectivity index (χ4n) is 3.82. The van der Waals surface area contributed by atoms with E-state index in [-0.39, 0.29) is 5.91 Å². The minimum absolute atomic E-state index is 0.0745. The zero-order valence-electron chi connectivity index (χ0n) is 15.7. The number of hydrogen-bond acceptors (Lipinski definition) is 3. The van der Waals surface area contributed by atoms with Crippen molar-refractivity contribution in [2.45, 2.75) is 31.7 Å². The highest BCUT2D eigenvalue weighted by Crippen LogP contribution is 2.33. The van der Waals surface area contributed by atoms with Crippen LogP contribution in [0.15, 0.2) is 48.5 Å². The summed E-state index contributed by atoms with van der Waals surface area (Å²) in [7, 11) is 3.72. The lowest BCUT2D eigenvalue weighted by molar-refractivity contribution is -0.122. The molecule has 0 radical (unpaired) electrons. The number of aryl methyl sites for hydroxylation is 1. The lowest BCUT2D eigenvalue weighted by Gasteiger charge is -2.32. The number of nitrogens with one attached hydrogen (secondary N) is 1. The summed E-state index contributed by atoms with van der Waals surface area (Å²) in [6, 6.07) is 16.9. The number of carbonyl (C=O) groups excluding carboxylic acids is 1. The summed E-state index contributed by atoms with van der Waals surface area (Å²) in [5, 5.41) is 3.04. The smallest absolute Gasteiger partial charge is 0.234 e. The van der Waals surface area contributed by atoms with Crippen molar-refractivity contribution < 1.29 is 9.53 Å². The predicted molar refractivity (Wildman–Crippen MR) is 104 cm³/mol. The minimum atomic E-state index is 0.0745. The first-order chi connectivity index (χ1) is 12.7. The molecule has 3 rings (SSSR count). The van der Waals surface area contributed by atoms with Gasteiger partial charge in [0.25, 0.3) is 0 Å². The highest BCUT2D eigenvalue weighted by atomic mass is 16.5. The lowest BCUT2D eigenvalue weighted by Crippen LogP contribution is -2.38. The summed E-state index contributed by atoms with van der Waals surface area (Å²) in [5.74, 6) is 0.947. The quantitative estimate of drug-likeness (QED) is 0.831. The molecule has 2 aromatic carbocycles. The van der Waals surface area contributed by atoms with Gasteiger partial charge >= 0.3 is 0 Å². The number of carbonyl (C=O) groups is 1. The molecule has 0 spiro atoms. The van der Waals surface area contributed by atoms with Crippen LogP contribution in [0.5, 0.6) is 5.75 Å². The zero-order chi connectivity index (χ0) is 18.4. The van der Waals surface area contributed by atoms with Crippen LogP contribution in [0.2, 0.25) is 0 Å². The first-order valence-electron chi connectivity index (χ1n) is 9.35. The standard InChI is InChI=1S/C22H28N2O2/c1-24(20-12-7-10-17-8-3-5-11-19(17)20)16-22(25)23-15-14-18-9-4-6-13-21(18)26-2/h3-6,8-9,11,13,20H,7,10,12,14-16H2,1-2H3,(H,23,25)/t20-/m0/s1. The van der Waals surface area contributed by atoms with Gasteiger partial charge < -0.3 is 10.1 Å². The molecule has 1 N–H and O–H groups in total. The molecule has 4 nitrogen and oxygen atoms in total. The van der Waals surface area contributed by atoms with Gasteiger partial charge in [0.15, 0.2) is 0 Å². The number of benzene rings is 2. The molecule has 0 saturated carbocycles. The summed E-state index contributed by atoms with van der Waals surface area (Å²) < 4.78 is 5.36. The van der Waals surface area contributed by atoms with E-state index < -0.39 is 0 Å². The fourth-order valence-corrected chi connectivity index (χ4v) is 3.82. The van der Waals surface area contributed by atoms with E-state index in [1.807, 2.05) is 31.3 Å². The first kappa shape index (κ1) is 18.5. The van der Waals surface area contributed by atoms with Gasteiger partial charge in [-0.3, -0.25) is 9.69 Å². The third-order valence-electron chi connectivity index (χ3n) is 5.17. The Morgan fingerprint density at radius 2 is 1.96 bits per heavy atom. The van der Waals surface area contributed by atoms with Crippen LogP contribution in [0.4, 0.5) is 0 Å². The topological polar surface area (TPSA) is 41.6 Å². The Morgan fingerprint density at radius 3 is 2.81 bits per heavy atom. The average molecular weight is 352 g/mol. The Labute approximate surface area is 156 Å². The Hall–Kier alpha value is -2.33. The average Bonchev–Trinajstić information content (AvgIpc) is 2.67. The monoisotopic (exact) mass is 352 g/mol. The lowest BCUT2D eigenvalue weighted by atomic mass is 9.87. The van der Waals surface area contributed by atoms with Crippen molar-refractivity contribution >= 4 is 5.91 Å². The predicted octanol–water partition coefficient (Wildman–Crippen LogP) is 3.36. The van der Waals surface area contributed by atoms with Crippen molar-refractivity contribution in [3.63, 3.8) is 0 Å². The molecule has 4 heteroatoms. The maximum atomic E-state index is 12.4. The molecular weight excluding hydrogens is 324 g/mol. The second kappa shape index (κ2) is 8.86. The van der Waals surface area contributed by atoms with Crippen LogP contribution in [-0.4, -0.2) is 38.1 Å². The van der Waals surface area contributed by atoms with Crippen LogP contribution in [-0.2, 0) is 17.6 Å². The maximum absolute atomic E-state index is 12.4. The number of fused-ring (bicyclic) bond motifs is 1. The number of amides is 1. The molecule has 0 fully saturated rings. The number of likely N-dealkylation sites (N-methyl/N-ethyl adjacent to an activating group) is 1. The Balaban J connectivity index is 1.51. The number of rotatable bonds is 7. The van der Waals surface area contributed by atoms with Gasteiger partial charge in [0, 0.05) is 12.6 Å². The molecular formula is C22H28N2O2. The largest absolute Gasteiger partial charge is 0.496 e. The normalized spacial score (nSPS) is 16.2. The number of hydrogen-bond donors (Lipinski definition) is 1. The summed E-state index contributed by atoms with van der Waals surface area (Å²) >= 11 is 0. The van der Waals surface area contributed by atoms with Gasteiger partial charge in [-0.25, -0.2) is 0 Å². The van der Waals surface area contributed by atoms with Crippen molar-refractivity contribution in [3.8, 4) is 5.75 Å². The molecule has 1 atom stereocenters. The van der Waals surface area contributed by atoms with Crippen molar-refractivity contribution in [1.82, 2.24) is 10.2 Å². The number of para-hydroxylation sites is 1. The Bertz CT molecular complexity index is 744. The molecule has 1 amide bonds. The summed E-state index contributed by atoms with van der Waals surface area (Å²) in [6.45, 7) is 1.04. The van der Waals surface area contributed by atoms with E-state index in [1.165, 1.54) is 17.5 Å². The molecule has 1 aliphatic carbocycles. The second-order valence-corrected chi connectivity index (χ2v) is 6.93. The van der Waals surface area contributed by atoms with Gasteiger partial charge in [0.2, 0.25) is 5.91 Å². The highest BCUT2D eigenvalue weighted by molar-refractivity contribution is 5.78. The van der Waals surface area contributed by atoms with Crippen molar-refractivity contribution in [2.75, 3.05) is 27.2 Å². The van der Waals surface area contributed by atoms with Crippen LogP contribution in [0.25, 0.3) is 0 Å². The first-order valence-corrected chi connectivity index (χ1v) is 9.35. The van der Waals surface area contributed by atoms with Crippen LogP contribution in [0, 0.1) is 0 Å². The van der Waals surface area contributed by atoms with Crippen molar-refractivity contribution in [1.29, 1.82) is 0 Å². The molecule has 2 aromatic rings. The molecule has 138 valence electrons. The van der Waals surface area contributed by atoms with Crippen LogP contribution >= 0.6 is 0 Å². The summed E-state index contributed by atoms with van der Waals surface area (Å²) in [5.41, 5.74) is 3.92. The molecule has 0 saturated heterocycles. The third-order valence-corrected chi connectivity index (χ3v) is 5.17. The Kier molecular flexibility index (Phi) is 6.29. The van der Waals surface area contributed by atoms with Crippen molar-refractivity contribution in [3.05, 3.63) is 65.2 Å². The number of nitrogens with zero attached hydrogens (tertiary/aromatic N) is 1. The van der Waals surface area contributed by atoms with E-state index in [0.717, 1.165) is 30.6 Å². The van der Waals surface area contributed by atoms with E-state index in [4.69, 9.17) is 4.74 Å². The van der Waals surface area contributed by atoms with Crippen LogP contribution in [0.1, 0.15) is 35.6 Å². The molecule has 0 aliphatic heterocycles. The number of ether oxygens (including phenoxy) is 1. The van der Waals surface area contributed by atoms with E-state index >= 15 is 0 Å². The molecule has 1 aliphatic rings. The molecule has 26 heavy (non-hydrogen) atoms. The van der Waals surface area contributed by atoms with E-state index in [0.29, 0.717) is 19.1 Å². The molecule has 0 bridgehead atoms. The zero-order valence-corrected chi connectivity index (χ0v) is 15.7. The number of methoxy groups -OCH3 is 1. The third kappa shape index (κ3) is 4.44. The molecule has 0 unspecified atom stereocenters. The van der Waals surface area contributed by atoms with Crippen LogP contribution in [0.3, 0.4) is 0 Å². The van der Waals surface area contributed by atoms with Crippen molar-refractivity contribution in [2.24, 2.45) is 0 Å². The van der Waals surface area contributed by atoms with E-state index in [2.05, 4.69) is 34.5 Å². The van der Waals surface area contributed by atoms with Gasteiger partial charge in [-0.2, -0.15) is 0 Å². The van der Waals surface area contributed by atoms with Crippen LogP contribution < -0.4 is 10.1 Å². The van der Waals surface area contributed by atoms with Gasteiger partial charge in [0.05, 0.1) is 13.7 Å². The van der Waals surface area contributed by atoms with Gasteiger partial charge in [-0.1, -0.05) is 42.5 Å². The van der Waals surface area contributed by atoms with E-state index in [9.17, 15) is 4.79 Å². The van der Waals surface area contributed by atoms with E-state index in [1.54, 1.807) is 7.11 Å². The second-order valence-electron chi connectivity index (χ2n) is 6.93. The molecule has 0 heterocycles. The van der Waals surface area contributed by atoms with Gasteiger partial charge in [0.1, 0.15) is 5.75 Å². The SMILES string of the molecule is COc1ccccc1CCNC(=O)CN(C)[C@H]1CCCc2ccccc21. The Morgan fingerprint density at radius 1 is 1.19 bits per heavy atom. The highest BCUT2D eigenvalue weighted by Gasteiger charge is 2.24.